The van der Waals surface area contributed by atoms with Gasteiger partial charge in [-0.3, -0.25) is 0 Å². The zero-order valence-electron chi connectivity index (χ0n) is 14.4. The smallest absolute Gasteiger partial charge is 0.0142 e. The number of hydrogen-bond acceptors (Lipinski definition) is 2. The Bertz CT molecular complexity index is 452. The third kappa shape index (κ3) is 5.58. The molecular weight excluding hydrogens is 268 g/mol. The molecule has 2 nitrogen and oxygen atoms in total. The Labute approximate surface area is 137 Å². The second-order valence-electron chi connectivity index (χ2n) is 6.75. The molecule has 2 aliphatic carbocycles. The van der Waals surface area contributed by atoms with Crippen LogP contribution in [0.1, 0.15) is 52.4 Å². The van der Waals surface area contributed by atoms with Crippen LogP contribution in [0.3, 0.4) is 0 Å². The zero-order chi connectivity index (χ0) is 15.8. The van der Waals surface area contributed by atoms with Gasteiger partial charge in [-0.25, -0.2) is 0 Å². The van der Waals surface area contributed by atoms with E-state index in [4.69, 9.17) is 0 Å². The summed E-state index contributed by atoms with van der Waals surface area (Å²) in [4.78, 5) is 0. The molecule has 0 amide bonds. The number of rotatable bonds is 4. The first kappa shape index (κ1) is 17.2. The Hall–Kier alpha value is -1.12. The molecule has 1 aromatic rings. The van der Waals surface area contributed by atoms with E-state index in [9.17, 15) is 0 Å². The highest BCUT2D eigenvalue weighted by atomic mass is 15.0. The summed E-state index contributed by atoms with van der Waals surface area (Å²) in [5, 5.41) is 6.62. The lowest BCUT2D eigenvalue weighted by molar-refractivity contribution is 0.368. The molecule has 2 N–H and O–H groups in total. The van der Waals surface area contributed by atoms with Gasteiger partial charge >= 0.3 is 0 Å². The van der Waals surface area contributed by atoms with Crippen LogP contribution in [-0.4, -0.2) is 26.2 Å². The second kappa shape index (κ2) is 9.12. The van der Waals surface area contributed by atoms with Crippen molar-refractivity contribution < 1.29 is 1.43 Å². The summed E-state index contributed by atoms with van der Waals surface area (Å²) < 4.78 is 0. The van der Waals surface area contributed by atoms with Gasteiger partial charge in [-0.15, -0.1) is 0 Å². The highest BCUT2D eigenvalue weighted by molar-refractivity contribution is 5.53. The van der Waals surface area contributed by atoms with Gasteiger partial charge in [-0.05, 0) is 51.8 Å². The molecule has 0 saturated heterocycles. The molecule has 3 rings (SSSR count). The van der Waals surface area contributed by atoms with Crippen LogP contribution in [0.4, 0.5) is 0 Å². The van der Waals surface area contributed by atoms with Gasteiger partial charge in [0.25, 0.3) is 0 Å². The summed E-state index contributed by atoms with van der Waals surface area (Å²) in [6.45, 7) is 2.29. The Kier molecular flexibility index (Phi) is 7.14. The lowest BCUT2D eigenvalue weighted by Crippen LogP contribution is -2.33. The summed E-state index contributed by atoms with van der Waals surface area (Å²) in [6.07, 6.45) is 10.8. The molecule has 22 heavy (non-hydrogen) atoms. The van der Waals surface area contributed by atoms with Crippen LogP contribution in [0.5, 0.6) is 0 Å². The number of nitrogens with one attached hydrogen (secondary N) is 2. The van der Waals surface area contributed by atoms with E-state index in [1.165, 1.54) is 44.1 Å². The molecule has 0 heterocycles. The van der Waals surface area contributed by atoms with Crippen molar-refractivity contribution in [2.75, 3.05) is 14.1 Å². The summed E-state index contributed by atoms with van der Waals surface area (Å²) in [7, 11) is 3.75. The van der Waals surface area contributed by atoms with Crippen molar-refractivity contribution in [2.45, 2.75) is 57.5 Å². The quantitative estimate of drug-likeness (QED) is 0.856. The highest BCUT2D eigenvalue weighted by Crippen LogP contribution is 2.39. The zero-order valence-corrected chi connectivity index (χ0v) is 14.4. The number of benzene rings is 1. The van der Waals surface area contributed by atoms with Crippen molar-refractivity contribution in [3.05, 3.63) is 41.5 Å². The van der Waals surface area contributed by atoms with Gasteiger partial charge in [0.2, 0.25) is 0 Å². The lowest BCUT2D eigenvalue weighted by Gasteiger charge is -2.23. The maximum atomic E-state index is 3.87. The van der Waals surface area contributed by atoms with Crippen molar-refractivity contribution in [3.8, 4) is 0 Å². The Morgan fingerprint density at radius 1 is 1.09 bits per heavy atom. The molecule has 0 bridgehead atoms. The van der Waals surface area contributed by atoms with Gasteiger partial charge in [-0.2, -0.15) is 0 Å². The molecule has 124 valence electrons. The summed E-state index contributed by atoms with van der Waals surface area (Å²) in [6, 6.07) is 12.2. The fourth-order valence-corrected chi connectivity index (χ4v) is 3.37. The van der Waals surface area contributed by atoms with Crippen LogP contribution in [0.2, 0.25) is 0 Å². The van der Waals surface area contributed by atoms with Crippen LogP contribution in [0, 0.1) is 5.92 Å². The first-order valence-electron chi connectivity index (χ1n) is 8.82. The summed E-state index contributed by atoms with van der Waals surface area (Å²) in [5.41, 5.74) is 2.88. The predicted molar refractivity (Wildman–Crippen MR) is 99.1 cm³/mol. The lowest BCUT2D eigenvalue weighted by atomic mass is 9.95. The molecule has 0 aliphatic heterocycles. The van der Waals surface area contributed by atoms with Crippen LogP contribution >= 0.6 is 0 Å². The van der Waals surface area contributed by atoms with E-state index in [0.29, 0.717) is 0 Å². The molecule has 2 fully saturated rings. The van der Waals surface area contributed by atoms with Crippen LogP contribution in [-0.2, 0) is 0 Å². The average molecular weight is 303 g/mol. The fourth-order valence-electron chi connectivity index (χ4n) is 3.37. The molecule has 2 saturated carbocycles. The fraction of sp³-hybridized carbons (Fsp3) is 0.600. The molecular formula is C20H34N2. The van der Waals surface area contributed by atoms with E-state index in [1.54, 1.807) is 5.57 Å². The van der Waals surface area contributed by atoms with Crippen molar-refractivity contribution in [3.63, 3.8) is 0 Å². The average Bonchev–Trinajstić information content (AvgIpc) is 3.29. The van der Waals surface area contributed by atoms with Crippen LogP contribution in [0.25, 0.3) is 6.08 Å². The largest absolute Gasteiger partial charge is 0.323 e. The topological polar surface area (TPSA) is 24.1 Å². The van der Waals surface area contributed by atoms with Gasteiger partial charge in [-0.1, -0.05) is 61.2 Å². The number of hydrogen-bond donors (Lipinski definition) is 2. The van der Waals surface area contributed by atoms with Gasteiger partial charge in [0, 0.05) is 13.5 Å². The van der Waals surface area contributed by atoms with Gasteiger partial charge < -0.3 is 10.6 Å². The second-order valence-corrected chi connectivity index (χ2v) is 6.75. The predicted octanol–water partition coefficient (Wildman–Crippen LogP) is 4.48. The Morgan fingerprint density at radius 3 is 2.36 bits per heavy atom. The van der Waals surface area contributed by atoms with E-state index in [1.807, 2.05) is 14.1 Å². The van der Waals surface area contributed by atoms with Crippen molar-refractivity contribution in [2.24, 2.45) is 5.92 Å². The minimum Gasteiger partial charge on any atom is -0.323 e. The molecule has 0 unspecified atom stereocenters. The third-order valence-electron chi connectivity index (χ3n) is 4.62. The van der Waals surface area contributed by atoms with Gasteiger partial charge in [0.05, 0.1) is 0 Å². The normalized spacial score (nSPS) is 25.3. The van der Waals surface area contributed by atoms with E-state index in [2.05, 4.69) is 54.0 Å². The first-order chi connectivity index (χ1) is 10.7. The van der Waals surface area contributed by atoms with E-state index in [-0.39, 0.29) is 1.43 Å². The maximum absolute atomic E-state index is 3.87. The monoisotopic (exact) mass is 302 g/mol. The van der Waals surface area contributed by atoms with Gasteiger partial charge in [0.1, 0.15) is 0 Å². The molecule has 1 aromatic carbocycles. The van der Waals surface area contributed by atoms with E-state index < -0.39 is 0 Å². The molecule has 2 atom stereocenters. The molecule has 0 radical (unpaired) electrons. The maximum Gasteiger partial charge on any atom is 0.0142 e. The molecule has 0 spiro atoms. The van der Waals surface area contributed by atoms with Crippen LogP contribution in [0.15, 0.2) is 35.9 Å². The molecule has 2 aliphatic rings. The minimum atomic E-state index is 0. The highest BCUT2D eigenvalue weighted by Gasteiger charge is 2.39. The summed E-state index contributed by atoms with van der Waals surface area (Å²) >= 11 is 0. The van der Waals surface area contributed by atoms with Crippen molar-refractivity contribution in [1.82, 2.24) is 10.6 Å². The summed E-state index contributed by atoms with van der Waals surface area (Å²) in [5.74, 6) is 0.780. The van der Waals surface area contributed by atoms with Crippen molar-refractivity contribution in [1.29, 1.82) is 0 Å². The van der Waals surface area contributed by atoms with Gasteiger partial charge in [0.15, 0.2) is 0 Å². The minimum absolute atomic E-state index is 0. The van der Waals surface area contributed by atoms with Crippen molar-refractivity contribution >= 4 is 6.08 Å². The Balaban J connectivity index is 0.000000615. The van der Waals surface area contributed by atoms with Crippen LogP contribution < -0.4 is 10.6 Å². The van der Waals surface area contributed by atoms with E-state index in [0.717, 1.165) is 18.0 Å². The first-order valence-corrected chi connectivity index (χ1v) is 8.82. The molecule has 2 heteroatoms. The SMILES string of the molecule is C/C(=C\c1ccccc1)[C@@H]1C[C@H]1NC1CCCCC1.CNC.[HH]. The third-order valence-corrected chi connectivity index (χ3v) is 4.62. The standard InChI is InChI=1S/C18H25N.C2H7N.H2/c1-14(12-15-8-4-2-5-9-15)17-13-18(17)19-16-10-6-3-7-11-16;1-3-2;/h2,4-5,8-9,12,16-19H,3,6-7,10-11,13H2,1H3;3H,1-2H3;1H/b14-12+;;/t17-,18+;;/m0../s1. The van der Waals surface area contributed by atoms with E-state index >= 15 is 0 Å². The molecule has 0 aromatic heterocycles. The Morgan fingerprint density at radius 2 is 1.73 bits per heavy atom.